The number of aromatic nitrogens is 1. The van der Waals surface area contributed by atoms with E-state index in [2.05, 4.69) is 20.2 Å². The van der Waals surface area contributed by atoms with Crippen LogP contribution < -0.4 is 14.8 Å². The molecule has 144 valence electrons. The van der Waals surface area contributed by atoms with Gasteiger partial charge in [0.15, 0.2) is 5.96 Å². The zero-order valence-electron chi connectivity index (χ0n) is 16.1. The van der Waals surface area contributed by atoms with E-state index in [1.807, 2.05) is 56.4 Å². The van der Waals surface area contributed by atoms with Crippen molar-refractivity contribution in [3.05, 3.63) is 54.2 Å². The quantitative estimate of drug-likeness (QED) is 0.627. The van der Waals surface area contributed by atoms with Gasteiger partial charge in [-0.15, -0.1) is 0 Å². The van der Waals surface area contributed by atoms with E-state index in [9.17, 15) is 0 Å². The van der Waals surface area contributed by atoms with Gasteiger partial charge in [0.2, 0.25) is 5.88 Å². The maximum atomic E-state index is 6.08. The smallest absolute Gasteiger partial charge is 0.218 e. The van der Waals surface area contributed by atoms with E-state index in [0.717, 1.165) is 43.2 Å². The second-order valence-corrected chi connectivity index (χ2v) is 6.42. The van der Waals surface area contributed by atoms with Crippen LogP contribution in [-0.2, 0) is 6.54 Å². The molecule has 1 aromatic carbocycles. The predicted molar refractivity (Wildman–Crippen MR) is 107 cm³/mol. The number of benzene rings is 1. The molecule has 1 saturated heterocycles. The highest BCUT2D eigenvalue weighted by Gasteiger charge is 2.22. The SMILES string of the molecule is CCOc1ncccc1CNC(=NC)N1CCC(Oc2ccccc2)CC1. The predicted octanol–water partition coefficient (Wildman–Crippen LogP) is 3.10. The van der Waals surface area contributed by atoms with Gasteiger partial charge < -0.3 is 19.7 Å². The summed E-state index contributed by atoms with van der Waals surface area (Å²) in [7, 11) is 1.82. The second kappa shape index (κ2) is 9.80. The summed E-state index contributed by atoms with van der Waals surface area (Å²) < 4.78 is 11.7. The molecule has 2 aromatic rings. The minimum absolute atomic E-state index is 0.254. The summed E-state index contributed by atoms with van der Waals surface area (Å²) in [5.74, 6) is 2.52. The number of aliphatic imine (C=N–C) groups is 1. The lowest BCUT2D eigenvalue weighted by molar-refractivity contribution is 0.129. The van der Waals surface area contributed by atoms with E-state index in [0.29, 0.717) is 19.0 Å². The molecule has 0 amide bonds. The Labute approximate surface area is 161 Å². The molecular formula is C21H28N4O2. The lowest BCUT2D eigenvalue weighted by Gasteiger charge is -2.34. The molecule has 6 nitrogen and oxygen atoms in total. The molecule has 1 aromatic heterocycles. The molecule has 0 aliphatic carbocycles. The third-order valence-corrected chi connectivity index (χ3v) is 4.57. The average molecular weight is 368 g/mol. The summed E-state index contributed by atoms with van der Waals surface area (Å²) in [6.45, 7) is 5.04. The van der Waals surface area contributed by atoms with Gasteiger partial charge in [-0.3, -0.25) is 4.99 Å². The number of rotatable bonds is 6. The van der Waals surface area contributed by atoms with Crippen molar-refractivity contribution in [3.8, 4) is 11.6 Å². The van der Waals surface area contributed by atoms with Gasteiger partial charge in [0.25, 0.3) is 0 Å². The number of pyridine rings is 1. The van der Waals surface area contributed by atoms with Crippen molar-refractivity contribution in [2.24, 2.45) is 4.99 Å². The first-order chi connectivity index (χ1) is 13.3. The Bertz CT molecular complexity index is 728. The molecule has 1 aliphatic heterocycles. The Kier molecular flexibility index (Phi) is 6.90. The second-order valence-electron chi connectivity index (χ2n) is 6.42. The maximum absolute atomic E-state index is 6.08. The molecule has 1 aliphatic rings. The topological polar surface area (TPSA) is 59.0 Å². The van der Waals surface area contributed by atoms with E-state index in [1.54, 1.807) is 6.20 Å². The van der Waals surface area contributed by atoms with Crippen molar-refractivity contribution in [3.63, 3.8) is 0 Å². The van der Waals surface area contributed by atoms with Crippen molar-refractivity contribution >= 4 is 5.96 Å². The molecule has 0 radical (unpaired) electrons. The largest absolute Gasteiger partial charge is 0.490 e. The van der Waals surface area contributed by atoms with E-state index in [4.69, 9.17) is 9.47 Å². The van der Waals surface area contributed by atoms with E-state index in [-0.39, 0.29) is 6.10 Å². The summed E-state index contributed by atoms with van der Waals surface area (Å²) in [6.07, 6.45) is 3.96. The minimum Gasteiger partial charge on any atom is -0.490 e. The van der Waals surface area contributed by atoms with Gasteiger partial charge in [-0.1, -0.05) is 24.3 Å². The molecule has 1 N–H and O–H groups in total. The number of nitrogens with one attached hydrogen (secondary N) is 1. The van der Waals surface area contributed by atoms with E-state index >= 15 is 0 Å². The highest BCUT2D eigenvalue weighted by molar-refractivity contribution is 5.80. The molecule has 2 heterocycles. The Balaban J connectivity index is 1.51. The van der Waals surface area contributed by atoms with Crippen molar-refractivity contribution in [1.29, 1.82) is 0 Å². The van der Waals surface area contributed by atoms with Gasteiger partial charge in [-0.2, -0.15) is 0 Å². The summed E-state index contributed by atoms with van der Waals surface area (Å²) in [4.78, 5) is 11.0. The van der Waals surface area contributed by atoms with Crippen molar-refractivity contribution in [2.45, 2.75) is 32.4 Å². The first kappa shape index (κ1) is 19.0. The van der Waals surface area contributed by atoms with Crippen LogP contribution in [0.2, 0.25) is 0 Å². The number of hydrogen-bond donors (Lipinski definition) is 1. The molecule has 27 heavy (non-hydrogen) atoms. The summed E-state index contributed by atoms with van der Waals surface area (Å²) in [5, 5.41) is 3.43. The molecule has 1 fully saturated rings. The van der Waals surface area contributed by atoms with Crippen LogP contribution >= 0.6 is 0 Å². The van der Waals surface area contributed by atoms with Crippen LogP contribution in [0.15, 0.2) is 53.7 Å². The number of likely N-dealkylation sites (tertiary alicyclic amines) is 1. The number of ether oxygens (including phenoxy) is 2. The van der Waals surface area contributed by atoms with Gasteiger partial charge in [0, 0.05) is 51.3 Å². The van der Waals surface area contributed by atoms with E-state index < -0.39 is 0 Å². The van der Waals surface area contributed by atoms with Crippen LogP contribution in [0.5, 0.6) is 11.6 Å². The fraction of sp³-hybridized carbons (Fsp3) is 0.429. The van der Waals surface area contributed by atoms with Crippen LogP contribution in [-0.4, -0.2) is 48.7 Å². The van der Waals surface area contributed by atoms with Crippen LogP contribution in [0.3, 0.4) is 0 Å². The molecule has 0 saturated carbocycles. The lowest BCUT2D eigenvalue weighted by Crippen LogP contribution is -2.47. The number of para-hydroxylation sites is 1. The molecule has 0 atom stereocenters. The minimum atomic E-state index is 0.254. The van der Waals surface area contributed by atoms with Gasteiger partial charge >= 0.3 is 0 Å². The number of hydrogen-bond acceptors (Lipinski definition) is 4. The number of piperidine rings is 1. The van der Waals surface area contributed by atoms with Crippen LogP contribution in [0.4, 0.5) is 0 Å². The molecule has 6 heteroatoms. The summed E-state index contributed by atoms with van der Waals surface area (Å²) in [5.41, 5.74) is 1.03. The average Bonchev–Trinajstić information content (AvgIpc) is 2.72. The van der Waals surface area contributed by atoms with Crippen molar-refractivity contribution in [1.82, 2.24) is 15.2 Å². The third kappa shape index (κ3) is 5.36. The van der Waals surface area contributed by atoms with Crippen LogP contribution in [0, 0.1) is 0 Å². The first-order valence-electron chi connectivity index (χ1n) is 9.54. The van der Waals surface area contributed by atoms with Gasteiger partial charge in [-0.25, -0.2) is 4.98 Å². The van der Waals surface area contributed by atoms with Crippen molar-refractivity contribution < 1.29 is 9.47 Å². The van der Waals surface area contributed by atoms with Gasteiger partial charge in [-0.05, 0) is 25.1 Å². The Morgan fingerprint density at radius 1 is 1.19 bits per heavy atom. The Hall–Kier alpha value is -2.76. The monoisotopic (exact) mass is 368 g/mol. The third-order valence-electron chi connectivity index (χ3n) is 4.57. The fourth-order valence-electron chi connectivity index (χ4n) is 3.21. The standard InChI is InChI=1S/C21H28N4O2/c1-3-26-20-17(8-7-13-23-20)16-24-21(22-2)25-14-11-19(12-15-25)27-18-9-5-4-6-10-18/h4-10,13,19H,3,11-12,14-16H2,1-2H3,(H,22,24). The zero-order chi connectivity index (χ0) is 18.9. The highest BCUT2D eigenvalue weighted by Crippen LogP contribution is 2.19. The molecule has 0 unspecified atom stereocenters. The zero-order valence-corrected chi connectivity index (χ0v) is 16.1. The summed E-state index contributed by atoms with van der Waals surface area (Å²) >= 11 is 0. The number of guanidine groups is 1. The lowest BCUT2D eigenvalue weighted by atomic mass is 10.1. The summed E-state index contributed by atoms with van der Waals surface area (Å²) in [6, 6.07) is 14.0. The Morgan fingerprint density at radius 2 is 1.96 bits per heavy atom. The Morgan fingerprint density at radius 3 is 2.67 bits per heavy atom. The molecule has 3 rings (SSSR count). The highest BCUT2D eigenvalue weighted by atomic mass is 16.5. The van der Waals surface area contributed by atoms with Crippen LogP contribution in [0.25, 0.3) is 0 Å². The normalized spacial score (nSPS) is 15.5. The first-order valence-corrected chi connectivity index (χ1v) is 9.54. The number of nitrogens with zero attached hydrogens (tertiary/aromatic N) is 3. The van der Waals surface area contributed by atoms with Gasteiger partial charge in [0.1, 0.15) is 11.9 Å². The van der Waals surface area contributed by atoms with Crippen LogP contribution in [0.1, 0.15) is 25.3 Å². The van der Waals surface area contributed by atoms with Crippen molar-refractivity contribution in [2.75, 3.05) is 26.7 Å². The molecule has 0 spiro atoms. The maximum Gasteiger partial charge on any atom is 0.218 e. The van der Waals surface area contributed by atoms with Gasteiger partial charge in [0.05, 0.1) is 6.61 Å². The fourth-order valence-corrected chi connectivity index (χ4v) is 3.21. The van der Waals surface area contributed by atoms with E-state index in [1.165, 1.54) is 0 Å². The molecule has 0 bridgehead atoms. The molecular weight excluding hydrogens is 340 g/mol.